The Morgan fingerprint density at radius 1 is 1.71 bits per heavy atom. The summed E-state index contributed by atoms with van der Waals surface area (Å²) in [6.45, 7) is 0.0747. The van der Waals surface area contributed by atoms with E-state index in [9.17, 15) is 10.1 Å². The molecule has 0 radical (unpaired) electrons. The van der Waals surface area contributed by atoms with Crippen LogP contribution >= 0.6 is 15.9 Å². The van der Waals surface area contributed by atoms with E-state index in [0.717, 1.165) is 0 Å². The van der Waals surface area contributed by atoms with Gasteiger partial charge in [0.05, 0.1) is 0 Å². The number of hydrogen-bond acceptors (Lipinski definition) is 2. The molecule has 0 aromatic heterocycles. The van der Waals surface area contributed by atoms with Crippen molar-refractivity contribution in [1.29, 1.82) is 0 Å². The van der Waals surface area contributed by atoms with Gasteiger partial charge in [-0.25, -0.2) is 0 Å². The first kappa shape index (κ1) is 6.88. The lowest BCUT2D eigenvalue weighted by Gasteiger charge is -1.84. The Morgan fingerprint density at radius 3 is 2.43 bits per heavy atom. The van der Waals surface area contributed by atoms with Gasteiger partial charge >= 0.3 is 0 Å². The molecule has 0 fully saturated rings. The molecule has 0 saturated carbocycles. The Morgan fingerprint density at radius 2 is 2.29 bits per heavy atom. The van der Waals surface area contributed by atoms with Crippen LogP contribution in [0, 0.1) is 10.1 Å². The molecule has 7 heavy (non-hydrogen) atoms. The van der Waals surface area contributed by atoms with Gasteiger partial charge in [0.25, 0.3) is 0 Å². The van der Waals surface area contributed by atoms with Crippen LogP contribution in [0.15, 0.2) is 0 Å². The molecule has 0 bridgehead atoms. The van der Waals surface area contributed by atoms with Crippen LogP contribution in [0.4, 0.5) is 0 Å². The summed E-state index contributed by atoms with van der Waals surface area (Å²) < 4.78 is 0. The minimum absolute atomic E-state index is 0.0747. The number of halogens is 1. The number of rotatable bonds is 3. The van der Waals surface area contributed by atoms with Crippen LogP contribution in [0.3, 0.4) is 0 Å². The van der Waals surface area contributed by atoms with Gasteiger partial charge in [-0.3, -0.25) is 10.1 Å². The highest BCUT2D eigenvalue weighted by Crippen LogP contribution is 1.85. The summed E-state index contributed by atoms with van der Waals surface area (Å²) in [5, 5.41) is 10.3. The van der Waals surface area contributed by atoms with E-state index in [4.69, 9.17) is 0 Å². The van der Waals surface area contributed by atoms with Crippen molar-refractivity contribution in [3.8, 4) is 0 Å². The fraction of sp³-hybridized carbons (Fsp3) is 1.00. The van der Waals surface area contributed by atoms with E-state index in [1.54, 1.807) is 0 Å². The normalized spacial score (nSPS) is 8.71. The van der Waals surface area contributed by atoms with Crippen LogP contribution in [0.25, 0.3) is 0 Å². The van der Waals surface area contributed by atoms with Gasteiger partial charge in [0.15, 0.2) is 0 Å². The maximum absolute atomic E-state index is 9.54. The minimum Gasteiger partial charge on any atom is -0.265 e. The van der Waals surface area contributed by atoms with Gasteiger partial charge in [0.1, 0.15) is 0 Å². The predicted molar refractivity (Wildman–Crippen MR) is 30.3 cm³/mol. The molecule has 0 spiro atoms. The Bertz CT molecular complexity index is 66.0. The van der Waals surface area contributed by atoms with Crippen LogP contribution in [0.2, 0.25) is 0 Å². The molecular weight excluding hydrogens is 162 g/mol. The van der Waals surface area contributed by atoms with Crippen molar-refractivity contribution in [2.75, 3.05) is 11.9 Å². The van der Waals surface area contributed by atoms with Crippen molar-refractivity contribution in [2.45, 2.75) is 6.42 Å². The maximum Gasteiger partial charge on any atom is 0.204 e. The van der Waals surface area contributed by atoms with E-state index in [2.05, 4.69) is 15.9 Å². The second-order valence-electron chi connectivity index (χ2n) is 1.10. The third-order valence-corrected chi connectivity index (χ3v) is 1.04. The van der Waals surface area contributed by atoms with Gasteiger partial charge in [0, 0.05) is 16.7 Å². The predicted octanol–water partition coefficient (Wildman–Crippen LogP) is 1.05. The van der Waals surface area contributed by atoms with Crippen LogP contribution in [0.1, 0.15) is 6.42 Å². The quantitative estimate of drug-likeness (QED) is 0.359. The molecule has 0 aliphatic carbocycles. The van der Waals surface area contributed by atoms with E-state index in [1.807, 2.05) is 0 Å². The molecule has 0 aliphatic heterocycles. The van der Waals surface area contributed by atoms with Gasteiger partial charge < -0.3 is 0 Å². The molecule has 0 rings (SSSR count). The highest BCUT2D eigenvalue weighted by molar-refractivity contribution is 9.09. The average Bonchev–Trinajstić information content (AvgIpc) is 1.61. The molecule has 3 nitrogen and oxygen atoms in total. The minimum atomic E-state index is -0.318. The van der Waals surface area contributed by atoms with Crippen LogP contribution in [0.5, 0.6) is 0 Å². The topological polar surface area (TPSA) is 43.1 Å². The third kappa shape index (κ3) is 5.88. The van der Waals surface area contributed by atoms with Gasteiger partial charge in [-0.05, 0) is 0 Å². The molecule has 0 saturated heterocycles. The summed E-state index contributed by atoms with van der Waals surface area (Å²) in [6.07, 6.45) is 0.618. The van der Waals surface area contributed by atoms with Crippen molar-refractivity contribution in [1.82, 2.24) is 0 Å². The second kappa shape index (κ2) is 4.05. The summed E-state index contributed by atoms with van der Waals surface area (Å²) in [5.74, 6) is 0. The molecular formula is C3H6BrNO2. The van der Waals surface area contributed by atoms with Gasteiger partial charge in [-0.1, -0.05) is 15.9 Å². The van der Waals surface area contributed by atoms with Gasteiger partial charge in [-0.15, -0.1) is 0 Å². The summed E-state index contributed by atoms with van der Waals surface area (Å²) in [4.78, 5) is 9.22. The molecule has 4 heteroatoms. The number of nitro groups is 1. The monoisotopic (exact) mass is 167 g/mol. The highest BCUT2D eigenvalue weighted by Gasteiger charge is 1.91. The smallest absolute Gasteiger partial charge is 0.204 e. The lowest BCUT2D eigenvalue weighted by atomic mass is 10.5. The number of alkyl halides is 1. The zero-order valence-corrected chi connectivity index (χ0v) is 5.35. The fourth-order valence-electron chi connectivity index (χ4n) is 0.189. The zero-order valence-electron chi connectivity index (χ0n) is 3.76. The summed E-state index contributed by atoms with van der Waals surface area (Å²) in [7, 11) is 0. The Labute approximate surface area is 50.0 Å². The van der Waals surface area contributed by atoms with Crippen molar-refractivity contribution < 1.29 is 4.92 Å². The molecule has 0 unspecified atom stereocenters. The van der Waals surface area contributed by atoms with Crippen molar-refractivity contribution in [3.05, 3.63) is 10.1 Å². The second-order valence-corrected chi connectivity index (χ2v) is 1.89. The molecule has 0 amide bonds. The molecule has 0 N–H and O–H groups in total. The Kier molecular flexibility index (Phi) is 3.98. The molecule has 0 aromatic carbocycles. The molecule has 0 aromatic rings. The summed E-state index contributed by atoms with van der Waals surface area (Å²) in [6, 6.07) is 0. The number of nitrogens with zero attached hydrogens (tertiary/aromatic N) is 1. The lowest BCUT2D eigenvalue weighted by Crippen LogP contribution is -1.99. The van der Waals surface area contributed by atoms with E-state index < -0.39 is 0 Å². The number of hydrogen-bond donors (Lipinski definition) is 0. The first-order chi connectivity index (χ1) is 3.27. The van der Waals surface area contributed by atoms with Gasteiger partial charge in [0.2, 0.25) is 6.54 Å². The zero-order chi connectivity index (χ0) is 5.70. The van der Waals surface area contributed by atoms with E-state index >= 15 is 0 Å². The van der Waals surface area contributed by atoms with Crippen molar-refractivity contribution in [2.24, 2.45) is 0 Å². The fourth-order valence-corrected chi connectivity index (χ4v) is 0.440. The van der Waals surface area contributed by atoms with E-state index in [1.165, 1.54) is 0 Å². The Hall–Kier alpha value is -0.120. The summed E-state index contributed by atoms with van der Waals surface area (Å²) >= 11 is 3.07. The first-order valence-electron chi connectivity index (χ1n) is 1.95. The van der Waals surface area contributed by atoms with Crippen LogP contribution in [-0.2, 0) is 0 Å². The van der Waals surface area contributed by atoms with Gasteiger partial charge in [-0.2, -0.15) is 0 Å². The summed E-state index contributed by atoms with van der Waals surface area (Å²) in [5.41, 5.74) is 0. The third-order valence-electron chi connectivity index (χ3n) is 0.474. The SMILES string of the molecule is O=[N+]([O-])CCCBr. The van der Waals surface area contributed by atoms with Crippen LogP contribution < -0.4 is 0 Å². The largest absolute Gasteiger partial charge is 0.265 e. The molecule has 0 heterocycles. The maximum atomic E-state index is 9.54. The molecule has 42 valence electrons. The Balaban J connectivity index is 2.82. The lowest BCUT2D eigenvalue weighted by molar-refractivity contribution is -0.479. The van der Waals surface area contributed by atoms with E-state index in [-0.39, 0.29) is 11.5 Å². The highest BCUT2D eigenvalue weighted by atomic mass is 79.9. The average molecular weight is 168 g/mol. The van der Waals surface area contributed by atoms with E-state index in [0.29, 0.717) is 11.8 Å². The van der Waals surface area contributed by atoms with Crippen molar-refractivity contribution in [3.63, 3.8) is 0 Å². The standard InChI is InChI=1S/C3H6BrNO2/c4-2-1-3-5(6)7/h1-3H2. The van der Waals surface area contributed by atoms with Crippen LogP contribution in [-0.4, -0.2) is 16.8 Å². The first-order valence-corrected chi connectivity index (χ1v) is 3.07. The molecule has 0 atom stereocenters. The molecule has 0 aliphatic rings. The van der Waals surface area contributed by atoms with Crippen molar-refractivity contribution >= 4 is 15.9 Å².